The lowest BCUT2D eigenvalue weighted by Gasteiger charge is -2.33. The van der Waals surface area contributed by atoms with Crippen LogP contribution in [0.1, 0.15) is 69.9 Å². The molecule has 1 aromatic carbocycles. The number of fused-ring (bicyclic) bond motifs is 4. The van der Waals surface area contributed by atoms with Gasteiger partial charge in [0, 0.05) is 24.9 Å². The van der Waals surface area contributed by atoms with E-state index in [1.54, 1.807) is 4.57 Å². The number of benzene rings is 1. The zero-order chi connectivity index (χ0) is 31.6. The fraction of sp³-hybridized carbons (Fsp3) is 0.567. The van der Waals surface area contributed by atoms with Gasteiger partial charge < -0.3 is 25.2 Å². The minimum absolute atomic E-state index is 0.232. The van der Waals surface area contributed by atoms with Gasteiger partial charge in [-0.2, -0.15) is 13.2 Å². The number of imidazole rings is 2. The lowest BCUT2D eigenvalue weighted by molar-refractivity contribution is -0.678. The van der Waals surface area contributed by atoms with E-state index in [2.05, 4.69) is 27.4 Å². The molecule has 238 valence electrons. The number of hydrogen-bond donors (Lipinski definition) is 3. The van der Waals surface area contributed by atoms with Crippen LogP contribution in [0.4, 0.5) is 13.2 Å². The number of aromatic amines is 2. The summed E-state index contributed by atoms with van der Waals surface area (Å²) in [6.07, 6.45) is 1.11. The van der Waals surface area contributed by atoms with Crippen molar-refractivity contribution in [3.8, 4) is 0 Å². The van der Waals surface area contributed by atoms with E-state index >= 15 is 0 Å². The molecule has 44 heavy (non-hydrogen) atoms. The lowest BCUT2D eigenvalue weighted by Crippen LogP contribution is -2.84. The Labute approximate surface area is 250 Å². The van der Waals surface area contributed by atoms with Crippen LogP contribution in [0.5, 0.6) is 0 Å². The molecule has 0 saturated heterocycles. The number of carbonyl (C=O) groups is 1. The van der Waals surface area contributed by atoms with Gasteiger partial charge in [0.25, 0.3) is 5.56 Å². The third-order valence-corrected chi connectivity index (χ3v) is 8.90. The van der Waals surface area contributed by atoms with Gasteiger partial charge in [-0.05, 0) is 62.5 Å². The van der Waals surface area contributed by atoms with Crippen LogP contribution in [0.3, 0.4) is 0 Å². The number of aromatic nitrogens is 6. The quantitative estimate of drug-likeness (QED) is 0.261. The Bertz CT molecular complexity index is 1690. The lowest BCUT2D eigenvalue weighted by atomic mass is 9.73. The van der Waals surface area contributed by atoms with Gasteiger partial charge >= 0.3 is 11.9 Å². The number of nitrogens with two attached hydrogens (primary N) is 1. The second kappa shape index (κ2) is 13.0. The molecule has 0 radical (unpaired) electrons. The van der Waals surface area contributed by atoms with Crippen LogP contribution < -0.4 is 21.7 Å². The highest BCUT2D eigenvalue weighted by molar-refractivity contribution is 5.74. The van der Waals surface area contributed by atoms with E-state index in [0.29, 0.717) is 47.9 Å². The van der Waals surface area contributed by atoms with Crippen LogP contribution in [0.25, 0.3) is 22.2 Å². The maximum Gasteiger partial charge on any atom is 0.430 e. The summed E-state index contributed by atoms with van der Waals surface area (Å²) in [5.41, 5.74) is 2.69. The second-order valence-corrected chi connectivity index (χ2v) is 11.9. The number of para-hydroxylation sites is 2. The summed E-state index contributed by atoms with van der Waals surface area (Å²) in [4.78, 5) is 51.4. The van der Waals surface area contributed by atoms with Gasteiger partial charge in [0.15, 0.2) is 11.5 Å². The Morgan fingerprint density at radius 3 is 2.27 bits per heavy atom. The molecule has 4 N–H and O–H groups in total. The minimum atomic E-state index is -5.19. The molecular formula is C30H38F3N7O4. The van der Waals surface area contributed by atoms with Crippen LogP contribution >= 0.6 is 0 Å². The van der Waals surface area contributed by atoms with Gasteiger partial charge in [-0.1, -0.05) is 26.0 Å². The molecule has 6 rings (SSSR count). The number of aliphatic carboxylic acids is 1. The van der Waals surface area contributed by atoms with Crippen molar-refractivity contribution in [3.05, 3.63) is 56.8 Å². The van der Waals surface area contributed by atoms with Gasteiger partial charge in [0.1, 0.15) is 23.9 Å². The van der Waals surface area contributed by atoms with Gasteiger partial charge in [-0.25, -0.2) is 14.8 Å². The fourth-order valence-corrected chi connectivity index (χ4v) is 7.00. The molecule has 2 bridgehead atoms. The molecule has 2 fully saturated rings. The molecule has 11 nitrogen and oxygen atoms in total. The molecule has 4 aromatic rings. The highest BCUT2D eigenvalue weighted by Gasteiger charge is 2.44. The number of H-pyrrole nitrogens is 2. The third kappa shape index (κ3) is 6.44. The Hall–Kier alpha value is -3.94. The van der Waals surface area contributed by atoms with Gasteiger partial charge in [0.2, 0.25) is 0 Å². The summed E-state index contributed by atoms with van der Waals surface area (Å²) in [5, 5.41) is 11.2. The number of hydrogen-bond acceptors (Lipinski definition) is 6. The standard InChI is InChI=1S/C28H37N7O2.C2HF3O2/c1-3-11-34-26-24(27(36)35(12-4-2)28(34)37)32-25(33-26)19-13-17-9-10-18(14-19)20(17)15-29-16-23-30-21-7-5-6-8-22(21)31-23;3-2(4,5)1(6)7/h5-8,17-20,29H,3-4,9-16H2,1-2H3,(H,30,31)(H,32,33);(H,6,7). The number of nitrogens with one attached hydrogen (secondary N) is 2. The van der Waals surface area contributed by atoms with Crippen molar-refractivity contribution < 1.29 is 28.4 Å². The zero-order valence-electron chi connectivity index (χ0n) is 24.8. The molecule has 0 aliphatic heterocycles. The monoisotopic (exact) mass is 617 g/mol. The number of nitrogens with zero attached hydrogens (tertiary/aromatic N) is 4. The summed E-state index contributed by atoms with van der Waals surface area (Å²) in [5.74, 6) is 1.32. The molecule has 2 saturated carbocycles. The molecule has 2 aliphatic carbocycles. The molecular weight excluding hydrogens is 579 g/mol. The number of alkyl halides is 3. The first-order valence-electron chi connectivity index (χ1n) is 15.3. The highest BCUT2D eigenvalue weighted by Crippen LogP contribution is 2.51. The molecule has 2 aliphatic rings. The maximum atomic E-state index is 13.1. The smallest absolute Gasteiger partial charge is 0.430 e. The van der Waals surface area contributed by atoms with Gasteiger partial charge in [-0.15, -0.1) is 0 Å². The number of aryl methyl sites for hydroxylation is 1. The van der Waals surface area contributed by atoms with E-state index in [-0.39, 0.29) is 11.2 Å². The molecule has 2 atom stereocenters. The normalized spacial score (nSPS) is 21.5. The van der Waals surface area contributed by atoms with E-state index in [1.165, 1.54) is 17.4 Å². The molecule has 2 unspecified atom stereocenters. The SMILES string of the molecule is CCCn1c(=O)c2[nH]c(C3CC4CCC(C3)C4C[NH2+]Cc3nc4ccccc4[nH]3)nc2n(CCC)c1=O.O=C([O-])C(F)(F)F. The number of rotatable bonds is 9. The Balaban J connectivity index is 0.000000493. The largest absolute Gasteiger partial charge is 0.542 e. The predicted molar refractivity (Wildman–Crippen MR) is 155 cm³/mol. The number of carboxylic acid groups (broad SMARTS) is 1. The van der Waals surface area contributed by atoms with Crippen molar-refractivity contribution in [3.63, 3.8) is 0 Å². The molecule has 0 spiro atoms. The topological polar surface area (TPSA) is 158 Å². The van der Waals surface area contributed by atoms with E-state index in [9.17, 15) is 22.8 Å². The Morgan fingerprint density at radius 2 is 1.66 bits per heavy atom. The van der Waals surface area contributed by atoms with Crippen molar-refractivity contribution in [2.24, 2.45) is 17.8 Å². The fourth-order valence-electron chi connectivity index (χ4n) is 7.00. The molecule has 14 heteroatoms. The van der Waals surface area contributed by atoms with Crippen molar-refractivity contribution in [2.75, 3.05) is 6.54 Å². The van der Waals surface area contributed by atoms with Crippen LogP contribution in [-0.2, 0) is 24.4 Å². The molecule has 0 amide bonds. The highest BCUT2D eigenvalue weighted by atomic mass is 19.4. The van der Waals surface area contributed by atoms with E-state index in [1.807, 2.05) is 26.0 Å². The summed E-state index contributed by atoms with van der Waals surface area (Å²) in [6, 6.07) is 8.19. The number of quaternary nitrogens is 1. The van der Waals surface area contributed by atoms with Gasteiger partial charge in [0.05, 0.1) is 17.6 Å². The average Bonchev–Trinajstić information content (AvgIpc) is 3.67. The first-order chi connectivity index (χ1) is 21.0. The van der Waals surface area contributed by atoms with Crippen LogP contribution in [-0.4, -0.2) is 47.8 Å². The first-order valence-corrected chi connectivity index (χ1v) is 15.3. The van der Waals surface area contributed by atoms with Crippen molar-refractivity contribution >= 4 is 28.2 Å². The molecule has 3 aromatic heterocycles. The van der Waals surface area contributed by atoms with Crippen LogP contribution in [0, 0.1) is 17.8 Å². The number of carboxylic acids is 1. The van der Waals surface area contributed by atoms with Crippen molar-refractivity contribution in [1.29, 1.82) is 0 Å². The van der Waals surface area contributed by atoms with Gasteiger partial charge in [-0.3, -0.25) is 13.9 Å². The minimum Gasteiger partial charge on any atom is -0.542 e. The second-order valence-electron chi connectivity index (χ2n) is 11.9. The first kappa shape index (κ1) is 31.5. The van der Waals surface area contributed by atoms with Crippen LogP contribution in [0.2, 0.25) is 0 Å². The van der Waals surface area contributed by atoms with Crippen molar-refractivity contribution in [1.82, 2.24) is 29.1 Å². The molecule has 3 heterocycles. The van der Waals surface area contributed by atoms with E-state index in [0.717, 1.165) is 61.5 Å². The summed E-state index contributed by atoms with van der Waals surface area (Å²) < 4.78 is 34.6. The average molecular weight is 618 g/mol. The van der Waals surface area contributed by atoms with E-state index < -0.39 is 12.1 Å². The maximum absolute atomic E-state index is 13.1. The number of carbonyl (C=O) groups excluding carboxylic acids is 1. The number of halogens is 3. The summed E-state index contributed by atoms with van der Waals surface area (Å²) >= 11 is 0. The van der Waals surface area contributed by atoms with Crippen LogP contribution in [0.15, 0.2) is 33.9 Å². The van der Waals surface area contributed by atoms with Crippen molar-refractivity contribution in [2.45, 2.75) is 84.1 Å². The Kier molecular flexibility index (Phi) is 9.28. The summed E-state index contributed by atoms with van der Waals surface area (Å²) in [6.45, 7) is 7.04. The zero-order valence-corrected chi connectivity index (χ0v) is 24.8. The summed E-state index contributed by atoms with van der Waals surface area (Å²) in [7, 11) is 0. The predicted octanol–water partition coefficient (Wildman–Crippen LogP) is 2.16. The third-order valence-electron chi connectivity index (χ3n) is 8.90. The van der Waals surface area contributed by atoms with E-state index in [4.69, 9.17) is 19.9 Å². The Morgan fingerprint density at radius 1 is 1.02 bits per heavy atom.